The highest BCUT2D eigenvalue weighted by Gasteiger charge is 2.18. The molecule has 0 saturated carbocycles. The van der Waals surface area contributed by atoms with Gasteiger partial charge in [-0.25, -0.2) is 4.79 Å². The molecule has 4 rings (SSSR count). The number of rotatable bonds is 7. The molecule has 1 aliphatic heterocycles. The van der Waals surface area contributed by atoms with Gasteiger partial charge in [0.15, 0.2) is 22.4 Å². The lowest BCUT2D eigenvalue weighted by Crippen LogP contribution is -2.35. The highest BCUT2D eigenvalue weighted by Crippen LogP contribution is 2.32. The molecule has 0 aliphatic carbocycles. The molecule has 1 aliphatic rings. The topological polar surface area (TPSA) is 121 Å². The van der Waals surface area contributed by atoms with Crippen LogP contribution in [0.25, 0.3) is 11.6 Å². The maximum atomic E-state index is 12.2. The number of anilines is 1. The quantitative estimate of drug-likeness (QED) is 0.424. The Morgan fingerprint density at radius 1 is 1.19 bits per heavy atom. The molecule has 31 heavy (non-hydrogen) atoms. The zero-order valence-corrected chi connectivity index (χ0v) is 17.2. The van der Waals surface area contributed by atoms with E-state index in [9.17, 15) is 9.59 Å². The van der Waals surface area contributed by atoms with Crippen molar-refractivity contribution < 1.29 is 23.5 Å². The molecule has 10 nitrogen and oxygen atoms in total. The number of carbonyl (C=O) groups excluding carboxylic acids is 2. The molecule has 0 fully saturated rings. The Bertz CT molecular complexity index is 1100. The third-order valence-electron chi connectivity index (χ3n) is 4.16. The summed E-state index contributed by atoms with van der Waals surface area (Å²) in [5, 5.41) is 13.6. The number of allylic oxidation sites excluding steroid dienone is 1. The van der Waals surface area contributed by atoms with E-state index in [-0.39, 0.29) is 5.75 Å². The fourth-order valence-corrected chi connectivity index (χ4v) is 3.60. The molecule has 0 spiro atoms. The maximum absolute atomic E-state index is 12.2. The van der Waals surface area contributed by atoms with Gasteiger partial charge in [-0.15, -0.1) is 16.8 Å². The lowest BCUT2D eigenvalue weighted by Gasteiger charge is -2.19. The average molecular weight is 441 g/mol. The standard InChI is InChI=1S/C20H19N5O5S/c1-2-7-25-18(15-4-3-8-28-15)23-24-20(25)31-12-17(26)22-19(27)21-13-5-6-14-16(11-13)30-10-9-29-14/h2-6,8,11H,1,7,9-10,12H2,(H2,21,22,26,27). The summed E-state index contributed by atoms with van der Waals surface area (Å²) in [5.41, 5.74) is 0.482. The zero-order valence-electron chi connectivity index (χ0n) is 16.4. The SMILES string of the molecule is C=CCn1c(SCC(=O)NC(=O)Nc2ccc3c(c2)OCCO3)nnc1-c1ccco1. The third kappa shape index (κ3) is 4.89. The van der Waals surface area contributed by atoms with Gasteiger partial charge in [-0.05, 0) is 24.3 Å². The summed E-state index contributed by atoms with van der Waals surface area (Å²) in [6.45, 7) is 5.10. The van der Waals surface area contributed by atoms with Crippen molar-refractivity contribution in [2.24, 2.45) is 0 Å². The van der Waals surface area contributed by atoms with Crippen LogP contribution in [0.15, 0.2) is 58.8 Å². The minimum absolute atomic E-state index is 0.0258. The van der Waals surface area contributed by atoms with E-state index in [1.807, 2.05) is 0 Å². The Labute approximate surface area is 181 Å². The van der Waals surface area contributed by atoms with Gasteiger partial charge in [0, 0.05) is 18.3 Å². The first kappa shape index (κ1) is 20.5. The number of ether oxygens (including phenoxy) is 2. The number of urea groups is 1. The number of aromatic nitrogens is 3. The normalized spacial score (nSPS) is 12.3. The van der Waals surface area contributed by atoms with E-state index in [4.69, 9.17) is 13.9 Å². The van der Waals surface area contributed by atoms with E-state index in [0.29, 0.717) is 53.7 Å². The van der Waals surface area contributed by atoms with Crippen molar-refractivity contribution in [2.75, 3.05) is 24.3 Å². The zero-order chi connectivity index (χ0) is 21.6. The highest BCUT2D eigenvalue weighted by atomic mass is 32.2. The first-order chi connectivity index (χ1) is 15.1. The van der Waals surface area contributed by atoms with E-state index in [0.717, 1.165) is 11.8 Å². The number of hydrogen-bond acceptors (Lipinski definition) is 8. The Hall–Kier alpha value is -3.73. The summed E-state index contributed by atoms with van der Waals surface area (Å²) in [5.74, 6) is 1.74. The van der Waals surface area contributed by atoms with Gasteiger partial charge < -0.3 is 19.2 Å². The first-order valence-corrected chi connectivity index (χ1v) is 10.3. The van der Waals surface area contributed by atoms with Crippen LogP contribution in [0.4, 0.5) is 10.5 Å². The first-order valence-electron chi connectivity index (χ1n) is 9.35. The summed E-state index contributed by atoms with van der Waals surface area (Å²) >= 11 is 1.15. The van der Waals surface area contributed by atoms with Crippen LogP contribution in [-0.4, -0.2) is 45.7 Å². The summed E-state index contributed by atoms with van der Waals surface area (Å²) in [6.07, 6.45) is 3.24. The van der Waals surface area contributed by atoms with Crippen molar-refractivity contribution in [3.63, 3.8) is 0 Å². The molecule has 1 aromatic carbocycles. The minimum atomic E-state index is -0.647. The number of hydrogen-bond donors (Lipinski definition) is 2. The van der Waals surface area contributed by atoms with Gasteiger partial charge in [0.05, 0.1) is 12.0 Å². The van der Waals surface area contributed by atoms with E-state index < -0.39 is 11.9 Å². The van der Waals surface area contributed by atoms with Crippen LogP contribution < -0.4 is 20.1 Å². The molecule has 3 heterocycles. The molecule has 2 aromatic heterocycles. The van der Waals surface area contributed by atoms with Crippen LogP contribution in [-0.2, 0) is 11.3 Å². The fourth-order valence-electron chi connectivity index (χ4n) is 2.85. The number of nitrogens with one attached hydrogen (secondary N) is 2. The molecular weight excluding hydrogens is 422 g/mol. The van der Waals surface area contributed by atoms with Crippen molar-refractivity contribution >= 4 is 29.4 Å². The van der Waals surface area contributed by atoms with Crippen molar-refractivity contribution in [3.05, 3.63) is 49.2 Å². The van der Waals surface area contributed by atoms with Crippen LogP contribution in [0, 0.1) is 0 Å². The molecule has 3 amide bonds. The van der Waals surface area contributed by atoms with E-state index in [1.165, 1.54) is 0 Å². The van der Waals surface area contributed by atoms with Crippen LogP contribution in [0.2, 0.25) is 0 Å². The molecule has 0 radical (unpaired) electrons. The second-order valence-electron chi connectivity index (χ2n) is 6.33. The molecule has 160 valence electrons. The lowest BCUT2D eigenvalue weighted by molar-refractivity contribution is -0.117. The van der Waals surface area contributed by atoms with Crippen LogP contribution in [0.3, 0.4) is 0 Å². The van der Waals surface area contributed by atoms with Crippen LogP contribution in [0.1, 0.15) is 0 Å². The Morgan fingerprint density at radius 2 is 2.03 bits per heavy atom. The van der Waals surface area contributed by atoms with Gasteiger partial charge >= 0.3 is 6.03 Å². The molecule has 0 saturated heterocycles. The van der Waals surface area contributed by atoms with Gasteiger partial charge in [-0.1, -0.05) is 17.8 Å². The number of fused-ring (bicyclic) bond motifs is 1. The average Bonchev–Trinajstić information content (AvgIpc) is 3.42. The molecule has 0 bridgehead atoms. The number of thioether (sulfide) groups is 1. The number of nitrogens with zero attached hydrogens (tertiary/aromatic N) is 3. The minimum Gasteiger partial charge on any atom is -0.486 e. The number of carbonyl (C=O) groups is 2. The second-order valence-corrected chi connectivity index (χ2v) is 7.27. The Morgan fingerprint density at radius 3 is 2.81 bits per heavy atom. The molecule has 2 N–H and O–H groups in total. The van der Waals surface area contributed by atoms with Gasteiger partial charge in [-0.2, -0.15) is 0 Å². The second kappa shape index (κ2) is 9.39. The summed E-state index contributed by atoms with van der Waals surface area (Å²) in [6, 6.07) is 7.88. The number of furan rings is 1. The summed E-state index contributed by atoms with van der Waals surface area (Å²) < 4.78 is 18.1. The molecule has 11 heteroatoms. The Kier molecular flexibility index (Phi) is 6.22. The monoisotopic (exact) mass is 441 g/mol. The predicted molar refractivity (Wildman–Crippen MR) is 113 cm³/mol. The summed E-state index contributed by atoms with van der Waals surface area (Å²) in [4.78, 5) is 24.4. The van der Waals surface area contributed by atoms with Crippen molar-refractivity contribution in [1.29, 1.82) is 0 Å². The van der Waals surface area contributed by atoms with E-state index >= 15 is 0 Å². The smallest absolute Gasteiger partial charge is 0.325 e. The fraction of sp³-hybridized carbons (Fsp3) is 0.200. The van der Waals surface area contributed by atoms with Gasteiger partial charge in [0.2, 0.25) is 11.7 Å². The number of amides is 3. The largest absolute Gasteiger partial charge is 0.486 e. The van der Waals surface area contributed by atoms with Crippen molar-refractivity contribution in [2.45, 2.75) is 11.7 Å². The van der Waals surface area contributed by atoms with Gasteiger partial charge in [0.1, 0.15) is 13.2 Å². The van der Waals surface area contributed by atoms with Crippen LogP contribution in [0.5, 0.6) is 11.5 Å². The van der Waals surface area contributed by atoms with Crippen LogP contribution >= 0.6 is 11.8 Å². The van der Waals surface area contributed by atoms with E-state index in [1.54, 1.807) is 47.2 Å². The highest BCUT2D eigenvalue weighted by molar-refractivity contribution is 7.99. The van der Waals surface area contributed by atoms with Crippen molar-refractivity contribution in [1.82, 2.24) is 20.1 Å². The molecular formula is C20H19N5O5S. The van der Waals surface area contributed by atoms with Crippen molar-refractivity contribution in [3.8, 4) is 23.1 Å². The Balaban J connectivity index is 1.33. The number of imide groups is 1. The summed E-state index contributed by atoms with van der Waals surface area (Å²) in [7, 11) is 0. The van der Waals surface area contributed by atoms with E-state index in [2.05, 4.69) is 27.4 Å². The molecule has 0 unspecified atom stereocenters. The number of benzene rings is 1. The predicted octanol–water partition coefficient (Wildman–Crippen LogP) is 2.94. The molecule has 3 aromatic rings. The van der Waals surface area contributed by atoms with Gasteiger partial charge in [-0.3, -0.25) is 14.7 Å². The third-order valence-corrected chi connectivity index (χ3v) is 5.12. The van der Waals surface area contributed by atoms with Gasteiger partial charge in [0.25, 0.3) is 0 Å². The maximum Gasteiger partial charge on any atom is 0.325 e. The lowest BCUT2D eigenvalue weighted by atomic mass is 10.2. The molecule has 0 atom stereocenters.